The van der Waals surface area contributed by atoms with Gasteiger partial charge in [-0.1, -0.05) is 13.3 Å². The van der Waals surface area contributed by atoms with Crippen LogP contribution in [-0.2, 0) is 9.59 Å². The minimum atomic E-state index is -0.750. The first-order chi connectivity index (χ1) is 9.49. The summed E-state index contributed by atoms with van der Waals surface area (Å²) in [6.45, 7) is 7.86. The summed E-state index contributed by atoms with van der Waals surface area (Å²) in [5.74, 6) is -0.996. The van der Waals surface area contributed by atoms with Crippen molar-refractivity contribution in [3.05, 3.63) is 0 Å². The standard InChI is InChI=1S/C14H27N3O3/c1-11(14(19)20)4-3-5-12(2)16-13(18)10-17-8-6-15-7-9-17/h11-12,15H,3-10H2,1-2H3,(H,16,18)(H,19,20). The smallest absolute Gasteiger partial charge is 0.306 e. The van der Waals surface area contributed by atoms with Crippen LogP contribution >= 0.6 is 0 Å². The van der Waals surface area contributed by atoms with Crippen LogP contribution in [0.1, 0.15) is 33.1 Å². The summed E-state index contributed by atoms with van der Waals surface area (Å²) < 4.78 is 0. The predicted molar refractivity (Wildman–Crippen MR) is 77.6 cm³/mol. The predicted octanol–water partition coefficient (Wildman–Crippen LogP) is 0.287. The Morgan fingerprint density at radius 2 is 1.90 bits per heavy atom. The average Bonchev–Trinajstić information content (AvgIpc) is 2.39. The number of nitrogens with zero attached hydrogens (tertiary/aromatic N) is 1. The van der Waals surface area contributed by atoms with E-state index >= 15 is 0 Å². The molecule has 2 unspecified atom stereocenters. The Hall–Kier alpha value is -1.14. The van der Waals surface area contributed by atoms with Crippen molar-refractivity contribution in [2.45, 2.75) is 39.2 Å². The van der Waals surface area contributed by atoms with Crippen molar-refractivity contribution in [1.29, 1.82) is 0 Å². The highest BCUT2D eigenvalue weighted by Gasteiger charge is 2.15. The molecule has 3 N–H and O–H groups in total. The lowest BCUT2D eigenvalue weighted by molar-refractivity contribution is -0.141. The monoisotopic (exact) mass is 285 g/mol. The number of nitrogens with one attached hydrogen (secondary N) is 2. The highest BCUT2D eigenvalue weighted by Crippen LogP contribution is 2.09. The van der Waals surface area contributed by atoms with Crippen LogP contribution in [0.3, 0.4) is 0 Å². The summed E-state index contributed by atoms with van der Waals surface area (Å²) in [6.07, 6.45) is 2.31. The van der Waals surface area contributed by atoms with Gasteiger partial charge < -0.3 is 15.7 Å². The Bertz CT molecular complexity index is 317. The fraction of sp³-hybridized carbons (Fsp3) is 0.857. The van der Waals surface area contributed by atoms with Crippen molar-refractivity contribution in [2.75, 3.05) is 32.7 Å². The molecular formula is C14H27N3O3. The van der Waals surface area contributed by atoms with Crippen molar-refractivity contribution in [2.24, 2.45) is 5.92 Å². The molecule has 1 saturated heterocycles. The van der Waals surface area contributed by atoms with Crippen molar-refractivity contribution < 1.29 is 14.7 Å². The molecule has 1 fully saturated rings. The molecule has 0 aromatic heterocycles. The fourth-order valence-electron chi connectivity index (χ4n) is 2.32. The molecule has 1 heterocycles. The second-order valence-corrected chi connectivity index (χ2v) is 5.66. The molecule has 1 amide bonds. The van der Waals surface area contributed by atoms with Gasteiger partial charge in [0.05, 0.1) is 12.5 Å². The molecule has 1 aliphatic heterocycles. The van der Waals surface area contributed by atoms with E-state index in [0.29, 0.717) is 13.0 Å². The van der Waals surface area contributed by atoms with Crippen LogP contribution in [0.15, 0.2) is 0 Å². The summed E-state index contributed by atoms with van der Waals surface area (Å²) in [5, 5.41) is 15.0. The minimum Gasteiger partial charge on any atom is -0.481 e. The van der Waals surface area contributed by atoms with Crippen molar-refractivity contribution in [3.8, 4) is 0 Å². The summed E-state index contributed by atoms with van der Waals surface area (Å²) in [6, 6.07) is 0.103. The molecule has 20 heavy (non-hydrogen) atoms. The quantitative estimate of drug-likeness (QED) is 0.597. The van der Waals surface area contributed by atoms with Gasteiger partial charge in [-0.25, -0.2) is 0 Å². The van der Waals surface area contributed by atoms with E-state index in [9.17, 15) is 9.59 Å². The normalized spacial score (nSPS) is 19.3. The number of hydrogen-bond donors (Lipinski definition) is 3. The number of carboxylic acids is 1. The zero-order valence-electron chi connectivity index (χ0n) is 12.5. The van der Waals surface area contributed by atoms with E-state index in [2.05, 4.69) is 15.5 Å². The molecule has 1 rings (SSSR count). The minimum absolute atomic E-state index is 0.0608. The van der Waals surface area contributed by atoms with Crippen molar-refractivity contribution in [1.82, 2.24) is 15.5 Å². The maximum atomic E-state index is 11.9. The van der Waals surface area contributed by atoms with Gasteiger partial charge in [0.15, 0.2) is 0 Å². The van der Waals surface area contributed by atoms with E-state index in [1.165, 1.54) is 0 Å². The lowest BCUT2D eigenvalue weighted by Gasteiger charge is -2.27. The van der Waals surface area contributed by atoms with Gasteiger partial charge in [0.2, 0.25) is 5.91 Å². The Morgan fingerprint density at radius 1 is 1.25 bits per heavy atom. The van der Waals surface area contributed by atoms with Gasteiger partial charge in [-0.3, -0.25) is 14.5 Å². The van der Waals surface area contributed by atoms with Gasteiger partial charge in [0.1, 0.15) is 0 Å². The number of amides is 1. The van der Waals surface area contributed by atoms with Crippen LogP contribution in [0, 0.1) is 5.92 Å². The van der Waals surface area contributed by atoms with Gasteiger partial charge in [0, 0.05) is 32.2 Å². The number of piperazine rings is 1. The zero-order valence-corrected chi connectivity index (χ0v) is 12.5. The van der Waals surface area contributed by atoms with E-state index in [0.717, 1.165) is 39.0 Å². The Balaban J connectivity index is 2.12. The van der Waals surface area contributed by atoms with E-state index < -0.39 is 5.97 Å². The van der Waals surface area contributed by atoms with Crippen LogP contribution in [0.2, 0.25) is 0 Å². The lowest BCUT2D eigenvalue weighted by atomic mass is 10.0. The van der Waals surface area contributed by atoms with Gasteiger partial charge in [-0.2, -0.15) is 0 Å². The molecule has 0 spiro atoms. The summed E-state index contributed by atoms with van der Waals surface area (Å²) in [7, 11) is 0. The molecule has 116 valence electrons. The molecule has 0 bridgehead atoms. The molecule has 0 aliphatic carbocycles. The van der Waals surface area contributed by atoms with E-state index in [4.69, 9.17) is 5.11 Å². The summed E-state index contributed by atoms with van der Waals surface area (Å²) in [5.41, 5.74) is 0. The molecule has 1 aliphatic rings. The Morgan fingerprint density at radius 3 is 2.50 bits per heavy atom. The molecule has 6 heteroatoms. The van der Waals surface area contributed by atoms with Crippen LogP contribution < -0.4 is 10.6 Å². The number of aliphatic carboxylic acids is 1. The maximum Gasteiger partial charge on any atom is 0.306 e. The third-order valence-electron chi connectivity index (χ3n) is 3.68. The molecule has 0 aromatic carbocycles. The first-order valence-electron chi connectivity index (χ1n) is 7.44. The zero-order chi connectivity index (χ0) is 15.0. The number of hydrogen-bond acceptors (Lipinski definition) is 4. The van der Waals surface area contributed by atoms with Crippen LogP contribution in [0.25, 0.3) is 0 Å². The Kier molecular flexibility index (Phi) is 7.54. The van der Waals surface area contributed by atoms with Crippen molar-refractivity contribution >= 4 is 11.9 Å². The number of rotatable bonds is 8. The van der Waals surface area contributed by atoms with Gasteiger partial charge >= 0.3 is 5.97 Å². The van der Waals surface area contributed by atoms with Crippen LogP contribution in [0.5, 0.6) is 0 Å². The molecule has 0 saturated carbocycles. The highest BCUT2D eigenvalue weighted by atomic mass is 16.4. The topological polar surface area (TPSA) is 81.7 Å². The van der Waals surface area contributed by atoms with Gasteiger partial charge in [0.25, 0.3) is 0 Å². The van der Waals surface area contributed by atoms with E-state index in [-0.39, 0.29) is 17.9 Å². The molecule has 2 atom stereocenters. The molecule has 6 nitrogen and oxygen atoms in total. The maximum absolute atomic E-state index is 11.9. The highest BCUT2D eigenvalue weighted by molar-refractivity contribution is 5.78. The molecule has 0 aromatic rings. The Labute approximate surface area is 120 Å². The van der Waals surface area contributed by atoms with Crippen LogP contribution in [-0.4, -0.2) is 60.6 Å². The third-order valence-corrected chi connectivity index (χ3v) is 3.68. The van der Waals surface area contributed by atoms with Crippen LogP contribution in [0.4, 0.5) is 0 Å². The molecule has 0 radical (unpaired) electrons. The largest absolute Gasteiger partial charge is 0.481 e. The summed E-state index contributed by atoms with van der Waals surface area (Å²) >= 11 is 0. The van der Waals surface area contributed by atoms with Gasteiger partial charge in [-0.15, -0.1) is 0 Å². The van der Waals surface area contributed by atoms with E-state index in [1.807, 2.05) is 6.92 Å². The number of carboxylic acid groups (broad SMARTS) is 1. The first-order valence-corrected chi connectivity index (χ1v) is 7.44. The number of carbonyl (C=O) groups excluding carboxylic acids is 1. The SMILES string of the molecule is CC(CCCC(C)C(=O)O)NC(=O)CN1CCNCC1. The lowest BCUT2D eigenvalue weighted by Crippen LogP contribution is -2.48. The van der Waals surface area contributed by atoms with Crippen molar-refractivity contribution in [3.63, 3.8) is 0 Å². The molecular weight excluding hydrogens is 258 g/mol. The van der Waals surface area contributed by atoms with Gasteiger partial charge in [-0.05, 0) is 19.8 Å². The fourth-order valence-corrected chi connectivity index (χ4v) is 2.32. The summed E-state index contributed by atoms with van der Waals surface area (Å²) in [4.78, 5) is 24.7. The third kappa shape index (κ3) is 6.86. The second-order valence-electron chi connectivity index (χ2n) is 5.66. The first kappa shape index (κ1) is 16.9. The number of carbonyl (C=O) groups is 2. The second kappa shape index (κ2) is 8.92. The van der Waals surface area contributed by atoms with E-state index in [1.54, 1.807) is 6.92 Å². The average molecular weight is 285 g/mol.